The van der Waals surface area contributed by atoms with Crippen LogP contribution in [0.3, 0.4) is 0 Å². The molecule has 2 aliphatic rings. The summed E-state index contributed by atoms with van der Waals surface area (Å²) in [5.41, 5.74) is 1.54. The number of aromatic nitrogens is 3. The van der Waals surface area contributed by atoms with Crippen molar-refractivity contribution in [3.05, 3.63) is 53.1 Å². The van der Waals surface area contributed by atoms with E-state index in [1.165, 1.54) is 12.1 Å². The molecule has 0 bridgehead atoms. The number of anilines is 2. The Labute approximate surface area is 191 Å². The second-order valence-corrected chi connectivity index (χ2v) is 9.30. The summed E-state index contributed by atoms with van der Waals surface area (Å²) in [4.78, 5) is 20.0. The zero-order valence-corrected chi connectivity index (χ0v) is 18.7. The Hall–Kier alpha value is -2.71. The molecule has 1 aromatic carbocycles. The molecule has 0 spiro atoms. The quantitative estimate of drug-likeness (QED) is 0.615. The number of benzene rings is 1. The van der Waals surface area contributed by atoms with E-state index in [2.05, 4.69) is 20.6 Å². The number of carbonyl (C=O) groups is 1. The van der Waals surface area contributed by atoms with E-state index in [4.69, 9.17) is 16.6 Å². The average molecular weight is 457 g/mol. The van der Waals surface area contributed by atoms with E-state index < -0.39 is 5.41 Å². The van der Waals surface area contributed by atoms with Gasteiger partial charge in [0.25, 0.3) is 0 Å². The van der Waals surface area contributed by atoms with Gasteiger partial charge in [-0.15, -0.1) is 0 Å². The molecule has 2 aliphatic heterocycles. The first-order valence-corrected chi connectivity index (χ1v) is 11.4. The van der Waals surface area contributed by atoms with Crippen LogP contribution in [-0.4, -0.2) is 40.1 Å². The lowest BCUT2D eigenvalue weighted by Crippen LogP contribution is -2.42. The SMILES string of the molecule is CC1(C(=O)Nc2cnn3ccc(N4CCCC4c4cc(F)ccc4Cl)nc23)CCNCC1. The van der Waals surface area contributed by atoms with Crippen LogP contribution in [-0.2, 0) is 4.79 Å². The lowest BCUT2D eigenvalue weighted by Gasteiger charge is -2.32. The van der Waals surface area contributed by atoms with Gasteiger partial charge in [0, 0.05) is 23.2 Å². The Morgan fingerprint density at radius 3 is 2.94 bits per heavy atom. The molecule has 1 amide bonds. The zero-order valence-electron chi connectivity index (χ0n) is 17.9. The summed E-state index contributed by atoms with van der Waals surface area (Å²) in [6.07, 6.45) is 6.88. The number of fused-ring (bicyclic) bond motifs is 1. The number of nitrogens with zero attached hydrogens (tertiary/aromatic N) is 4. The van der Waals surface area contributed by atoms with E-state index >= 15 is 0 Å². The van der Waals surface area contributed by atoms with E-state index in [0.717, 1.165) is 56.7 Å². The van der Waals surface area contributed by atoms with Gasteiger partial charge in [-0.2, -0.15) is 5.10 Å². The Bertz CT molecular complexity index is 1160. The van der Waals surface area contributed by atoms with Crippen LogP contribution >= 0.6 is 11.6 Å². The summed E-state index contributed by atoms with van der Waals surface area (Å²) in [6, 6.07) is 6.33. The summed E-state index contributed by atoms with van der Waals surface area (Å²) in [5, 5.41) is 11.3. The minimum atomic E-state index is -0.411. The molecule has 1 unspecified atom stereocenters. The molecule has 9 heteroatoms. The first kappa shape index (κ1) is 21.2. The van der Waals surface area contributed by atoms with Crippen molar-refractivity contribution in [1.29, 1.82) is 0 Å². The van der Waals surface area contributed by atoms with Gasteiger partial charge in [0.2, 0.25) is 5.91 Å². The predicted molar refractivity (Wildman–Crippen MR) is 123 cm³/mol. The molecule has 3 aromatic rings. The van der Waals surface area contributed by atoms with Crippen molar-refractivity contribution in [1.82, 2.24) is 19.9 Å². The molecule has 7 nitrogen and oxygen atoms in total. The molecule has 2 saturated heterocycles. The van der Waals surface area contributed by atoms with Crippen LogP contribution in [0.25, 0.3) is 5.65 Å². The summed E-state index contributed by atoms with van der Waals surface area (Å²) in [5.74, 6) is 0.447. The summed E-state index contributed by atoms with van der Waals surface area (Å²) >= 11 is 6.40. The highest BCUT2D eigenvalue weighted by Gasteiger charge is 2.35. The van der Waals surface area contributed by atoms with Crippen molar-refractivity contribution in [2.24, 2.45) is 5.41 Å². The largest absolute Gasteiger partial charge is 0.349 e. The molecule has 2 N–H and O–H groups in total. The van der Waals surface area contributed by atoms with Gasteiger partial charge in [0.15, 0.2) is 5.65 Å². The highest BCUT2D eigenvalue weighted by Crippen LogP contribution is 2.39. The van der Waals surface area contributed by atoms with Crippen molar-refractivity contribution < 1.29 is 9.18 Å². The van der Waals surface area contributed by atoms with Crippen LogP contribution in [0.1, 0.15) is 44.2 Å². The number of piperidine rings is 1. The first-order valence-electron chi connectivity index (χ1n) is 11.0. The Kier molecular flexibility index (Phi) is 5.51. The maximum absolute atomic E-state index is 13.9. The third kappa shape index (κ3) is 3.82. The van der Waals surface area contributed by atoms with Gasteiger partial charge in [0.1, 0.15) is 17.3 Å². The number of nitrogens with one attached hydrogen (secondary N) is 2. The summed E-state index contributed by atoms with van der Waals surface area (Å²) < 4.78 is 15.6. The standard InChI is InChI=1S/C23H26ClFN6O/c1-23(7-9-26-10-8-23)22(32)28-18-14-27-31-12-6-20(29-21(18)31)30-11-2-3-19(30)16-13-15(25)4-5-17(16)24/h4-6,12-14,19,26H,2-3,7-11H2,1H3,(H,28,32). The molecule has 5 rings (SSSR count). The van der Waals surface area contributed by atoms with E-state index in [0.29, 0.717) is 16.4 Å². The van der Waals surface area contributed by atoms with Crippen LogP contribution in [0.4, 0.5) is 15.9 Å². The number of halogens is 2. The van der Waals surface area contributed by atoms with Crippen molar-refractivity contribution in [2.45, 2.75) is 38.6 Å². The number of rotatable bonds is 4. The summed E-state index contributed by atoms with van der Waals surface area (Å²) in [6.45, 7) is 4.47. The highest BCUT2D eigenvalue weighted by atomic mass is 35.5. The average Bonchev–Trinajstić information content (AvgIpc) is 3.43. The zero-order chi connectivity index (χ0) is 22.3. The Balaban J connectivity index is 1.44. The van der Waals surface area contributed by atoms with E-state index in [1.807, 2.05) is 19.2 Å². The van der Waals surface area contributed by atoms with Crippen molar-refractivity contribution in [3.8, 4) is 0 Å². The summed E-state index contributed by atoms with van der Waals surface area (Å²) in [7, 11) is 0. The maximum Gasteiger partial charge on any atom is 0.230 e. The molecule has 0 radical (unpaired) electrons. The van der Waals surface area contributed by atoms with Gasteiger partial charge < -0.3 is 15.5 Å². The van der Waals surface area contributed by atoms with Crippen LogP contribution in [0.5, 0.6) is 0 Å². The van der Waals surface area contributed by atoms with Crippen molar-refractivity contribution in [2.75, 3.05) is 29.9 Å². The lowest BCUT2D eigenvalue weighted by atomic mass is 9.80. The molecule has 32 heavy (non-hydrogen) atoms. The van der Waals surface area contributed by atoms with Gasteiger partial charge in [0.05, 0.1) is 12.2 Å². The third-order valence-corrected chi connectivity index (χ3v) is 7.07. The van der Waals surface area contributed by atoms with Crippen LogP contribution in [0.15, 0.2) is 36.7 Å². The van der Waals surface area contributed by atoms with Crippen molar-refractivity contribution in [3.63, 3.8) is 0 Å². The molecule has 0 aliphatic carbocycles. The molecule has 2 fully saturated rings. The van der Waals surface area contributed by atoms with E-state index in [1.54, 1.807) is 16.8 Å². The van der Waals surface area contributed by atoms with Gasteiger partial charge in [-0.3, -0.25) is 4.79 Å². The van der Waals surface area contributed by atoms with Gasteiger partial charge >= 0.3 is 0 Å². The topological polar surface area (TPSA) is 74.6 Å². The molecule has 4 heterocycles. The van der Waals surface area contributed by atoms with Crippen LogP contribution in [0, 0.1) is 11.2 Å². The van der Waals surface area contributed by atoms with Crippen LogP contribution < -0.4 is 15.5 Å². The number of amides is 1. The predicted octanol–water partition coefficient (Wildman–Crippen LogP) is 4.19. The molecular weight excluding hydrogens is 431 g/mol. The van der Waals surface area contributed by atoms with E-state index in [-0.39, 0.29) is 17.8 Å². The molecule has 0 saturated carbocycles. The monoisotopic (exact) mass is 456 g/mol. The molecule has 168 valence electrons. The normalized spacial score (nSPS) is 20.6. The Morgan fingerprint density at radius 1 is 1.31 bits per heavy atom. The molecule has 1 atom stereocenters. The minimum Gasteiger partial charge on any atom is -0.349 e. The third-order valence-electron chi connectivity index (χ3n) is 6.72. The van der Waals surface area contributed by atoms with Gasteiger partial charge in [-0.05, 0) is 68.6 Å². The fraction of sp³-hybridized carbons (Fsp3) is 0.435. The lowest BCUT2D eigenvalue weighted by molar-refractivity contribution is -0.126. The Morgan fingerprint density at radius 2 is 2.12 bits per heavy atom. The van der Waals surface area contributed by atoms with E-state index in [9.17, 15) is 9.18 Å². The number of hydrogen-bond donors (Lipinski definition) is 2. The number of hydrogen-bond acceptors (Lipinski definition) is 5. The highest BCUT2D eigenvalue weighted by molar-refractivity contribution is 6.31. The first-order chi connectivity index (χ1) is 15.4. The van der Waals surface area contributed by atoms with Crippen LogP contribution in [0.2, 0.25) is 5.02 Å². The van der Waals surface area contributed by atoms with Gasteiger partial charge in [-0.1, -0.05) is 18.5 Å². The van der Waals surface area contributed by atoms with Gasteiger partial charge in [-0.25, -0.2) is 13.9 Å². The molecule has 2 aromatic heterocycles. The minimum absolute atomic E-state index is 0.00769. The number of carbonyl (C=O) groups excluding carboxylic acids is 1. The molecular formula is C23H26ClFN6O. The second kappa shape index (κ2) is 8.33. The fourth-order valence-electron chi connectivity index (χ4n) is 4.72. The maximum atomic E-state index is 13.9. The smallest absolute Gasteiger partial charge is 0.230 e. The second-order valence-electron chi connectivity index (χ2n) is 8.89. The fourth-order valence-corrected chi connectivity index (χ4v) is 4.96. The van der Waals surface area contributed by atoms with Crippen molar-refractivity contribution >= 4 is 34.7 Å².